The summed E-state index contributed by atoms with van der Waals surface area (Å²) in [5.74, 6) is 0.0346. The van der Waals surface area contributed by atoms with Gasteiger partial charge < -0.3 is 9.80 Å². The molecule has 0 aromatic heterocycles. The summed E-state index contributed by atoms with van der Waals surface area (Å²) >= 11 is 0. The molecule has 0 fully saturated rings. The maximum Gasteiger partial charge on any atom is 0.243 e. The lowest BCUT2D eigenvalue weighted by molar-refractivity contribution is -0.140. The van der Waals surface area contributed by atoms with E-state index in [1.807, 2.05) is 32.8 Å². The van der Waals surface area contributed by atoms with Gasteiger partial charge in [-0.25, -0.2) is 0 Å². The van der Waals surface area contributed by atoms with E-state index in [4.69, 9.17) is 0 Å². The maximum absolute atomic E-state index is 12.9. The second-order valence-corrected chi connectivity index (χ2v) is 5.79. The molecular weight excluding hydrogens is 250 g/mol. The van der Waals surface area contributed by atoms with Crippen LogP contribution in [-0.2, 0) is 4.79 Å². The van der Waals surface area contributed by atoms with E-state index in [9.17, 15) is 10.1 Å². The molecule has 0 aliphatic carbocycles. The largest absolute Gasteiger partial charge is 0.340 e. The summed E-state index contributed by atoms with van der Waals surface area (Å²) in [5.41, 5.74) is -0.815. The molecule has 0 saturated heterocycles. The first-order chi connectivity index (χ1) is 9.47. The predicted octanol–water partition coefficient (Wildman–Crippen LogP) is 2.90. The van der Waals surface area contributed by atoms with Gasteiger partial charge in [0.25, 0.3) is 0 Å². The maximum atomic E-state index is 12.9. The third kappa shape index (κ3) is 5.50. The molecule has 0 aliphatic heterocycles. The summed E-state index contributed by atoms with van der Waals surface area (Å²) in [6.45, 7) is 8.44. The molecule has 0 N–H and O–H groups in total. The van der Waals surface area contributed by atoms with Gasteiger partial charge in [0.15, 0.2) is 0 Å². The van der Waals surface area contributed by atoms with Crippen molar-refractivity contribution in [1.29, 1.82) is 5.26 Å². The van der Waals surface area contributed by atoms with Crippen molar-refractivity contribution in [3.63, 3.8) is 0 Å². The van der Waals surface area contributed by atoms with Gasteiger partial charge in [-0.15, -0.1) is 0 Å². The van der Waals surface area contributed by atoms with Crippen molar-refractivity contribution >= 4 is 5.91 Å². The SMILES string of the molecule is CCCN(CCN(C)C)C(=O)C(C#N)(CCC)CCC. The fraction of sp³-hybridized carbons (Fsp3) is 0.875. The Bertz CT molecular complexity index is 314. The summed E-state index contributed by atoms with van der Waals surface area (Å²) in [6, 6.07) is 2.34. The van der Waals surface area contributed by atoms with Crippen LogP contribution >= 0.6 is 0 Å². The zero-order valence-corrected chi connectivity index (χ0v) is 13.9. The Morgan fingerprint density at radius 2 is 1.55 bits per heavy atom. The highest BCUT2D eigenvalue weighted by atomic mass is 16.2. The summed E-state index contributed by atoms with van der Waals surface area (Å²) in [7, 11) is 4.01. The second kappa shape index (κ2) is 9.77. The Balaban J connectivity index is 5.08. The van der Waals surface area contributed by atoms with E-state index in [1.54, 1.807) is 0 Å². The molecular formula is C16H31N3O. The number of nitriles is 1. The molecule has 1 amide bonds. The Morgan fingerprint density at radius 3 is 1.90 bits per heavy atom. The monoisotopic (exact) mass is 281 g/mol. The Morgan fingerprint density at radius 1 is 1.00 bits per heavy atom. The lowest BCUT2D eigenvalue weighted by Crippen LogP contribution is -2.46. The van der Waals surface area contributed by atoms with Crippen molar-refractivity contribution in [2.45, 2.75) is 52.9 Å². The molecule has 0 heterocycles. The smallest absolute Gasteiger partial charge is 0.243 e. The first kappa shape index (κ1) is 18.9. The van der Waals surface area contributed by atoms with Crippen molar-refractivity contribution in [3.8, 4) is 6.07 Å². The van der Waals surface area contributed by atoms with Gasteiger partial charge in [0.05, 0.1) is 6.07 Å². The van der Waals surface area contributed by atoms with E-state index in [0.717, 1.165) is 32.4 Å². The van der Waals surface area contributed by atoms with Crippen molar-refractivity contribution in [3.05, 3.63) is 0 Å². The van der Waals surface area contributed by atoms with Crippen LogP contribution in [0.4, 0.5) is 0 Å². The zero-order chi connectivity index (χ0) is 15.6. The number of rotatable bonds is 10. The van der Waals surface area contributed by atoms with Gasteiger partial charge in [-0.2, -0.15) is 5.26 Å². The molecule has 0 unspecified atom stereocenters. The van der Waals surface area contributed by atoms with Gasteiger partial charge in [0.1, 0.15) is 5.41 Å². The highest BCUT2D eigenvalue weighted by molar-refractivity contribution is 5.85. The van der Waals surface area contributed by atoms with Crippen LogP contribution in [0, 0.1) is 16.7 Å². The average molecular weight is 281 g/mol. The second-order valence-electron chi connectivity index (χ2n) is 5.79. The van der Waals surface area contributed by atoms with Crippen molar-refractivity contribution in [1.82, 2.24) is 9.80 Å². The van der Waals surface area contributed by atoms with Crippen LogP contribution in [0.3, 0.4) is 0 Å². The molecule has 0 aromatic rings. The first-order valence-electron chi connectivity index (χ1n) is 7.82. The summed E-state index contributed by atoms with van der Waals surface area (Å²) < 4.78 is 0. The van der Waals surface area contributed by atoms with Crippen LogP contribution in [0.2, 0.25) is 0 Å². The van der Waals surface area contributed by atoms with Gasteiger partial charge in [0, 0.05) is 19.6 Å². The lowest BCUT2D eigenvalue weighted by atomic mass is 9.79. The third-order valence-electron chi connectivity index (χ3n) is 3.57. The number of amides is 1. The Kier molecular flexibility index (Phi) is 9.24. The average Bonchev–Trinajstić information content (AvgIpc) is 2.42. The quantitative estimate of drug-likeness (QED) is 0.618. The van der Waals surface area contributed by atoms with Crippen LogP contribution in [0.5, 0.6) is 0 Å². The number of nitrogens with zero attached hydrogens (tertiary/aromatic N) is 3. The zero-order valence-electron chi connectivity index (χ0n) is 13.9. The summed E-state index contributed by atoms with van der Waals surface area (Å²) in [6.07, 6.45) is 4.00. The fourth-order valence-corrected chi connectivity index (χ4v) is 2.56. The lowest BCUT2D eigenvalue weighted by Gasteiger charge is -2.33. The van der Waals surface area contributed by atoms with Gasteiger partial charge in [0.2, 0.25) is 5.91 Å². The van der Waals surface area contributed by atoms with Gasteiger partial charge in [-0.3, -0.25) is 4.79 Å². The Hall–Kier alpha value is -1.08. The molecule has 0 rings (SSSR count). The van der Waals surface area contributed by atoms with Crippen LogP contribution in [-0.4, -0.2) is 49.4 Å². The van der Waals surface area contributed by atoms with E-state index in [1.165, 1.54) is 0 Å². The van der Waals surface area contributed by atoms with Crippen LogP contribution < -0.4 is 0 Å². The number of carbonyl (C=O) groups excluding carboxylic acids is 1. The molecule has 4 heteroatoms. The number of likely N-dealkylation sites (N-methyl/N-ethyl adjacent to an activating group) is 1. The van der Waals surface area contributed by atoms with Crippen LogP contribution in [0.15, 0.2) is 0 Å². The number of hydrogen-bond acceptors (Lipinski definition) is 3. The molecule has 0 bridgehead atoms. The van der Waals surface area contributed by atoms with Crippen LogP contribution in [0.1, 0.15) is 52.9 Å². The van der Waals surface area contributed by atoms with Crippen molar-refractivity contribution < 1.29 is 4.79 Å². The molecule has 0 spiro atoms. The van der Waals surface area contributed by atoms with Gasteiger partial charge in [-0.1, -0.05) is 33.6 Å². The molecule has 4 nitrogen and oxygen atoms in total. The minimum atomic E-state index is -0.815. The van der Waals surface area contributed by atoms with E-state index >= 15 is 0 Å². The molecule has 0 radical (unpaired) electrons. The third-order valence-corrected chi connectivity index (χ3v) is 3.57. The van der Waals surface area contributed by atoms with Gasteiger partial charge >= 0.3 is 0 Å². The molecule has 0 atom stereocenters. The Labute approximate surface area is 124 Å². The van der Waals surface area contributed by atoms with E-state index in [2.05, 4.69) is 17.9 Å². The minimum Gasteiger partial charge on any atom is -0.340 e. The predicted molar refractivity (Wildman–Crippen MR) is 83.3 cm³/mol. The highest BCUT2D eigenvalue weighted by Crippen LogP contribution is 2.31. The fourth-order valence-electron chi connectivity index (χ4n) is 2.56. The molecule has 0 saturated carbocycles. The minimum absolute atomic E-state index is 0.0346. The van der Waals surface area contributed by atoms with E-state index < -0.39 is 5.41 Å². The standard InChI is InChI=1S/C16H31N3O/c1-6-9-16(14-17,10-7-2)15(20)19(11-8-3)13-12-18(4)5/h6-13H2,1-5H3. The van der Waals surface area contributed by atoms with Crippen molar-refractivity contribution in [2.24, 2.45) is 5.41 Å². The number of carbonyl (C=O) groups is 1. The summed E-state index contributed by atoms with van der Waals surface area (Å²) in [5, 5.41) is 9.60. The van der Waals surface area contributed by atoms with E-state index in [-0.39, 0.29) is 5.91 Å². The van der Waals surface area contributed by atoms with Gasteiger partial charge in [-0.05, 0) is 33.4 Å². The summed E-state index contributed by atoms with van der Waals surface area (Å²) in [4.78, 5) is 16.8. The first-order valence-corrected chi connectivity index (χ1v) is 7.82. The van der Waals surface area contributed by atoms with Crippen molar-refractivity contribution in [2.75, 3.05) is 33.7 Å². The molecule has 0 aromatic carbocycles. The topological polar surface area (TPSA) is 47.3 Å². The molecule has 20 heavy (non-hydrogen) atoms. The number of hydrogen-bond donors (Lipinski definition) is 0. The molecule has 116 valence electrons. The molecule has 0 aliphatic rings. The van der Waals surface area contributed by atoms with Crippen LogP contribution in [0.25, 0.3) is 0 Å². The highest BCUT2D eigenvalue weighted by Gasteiger charge is 2.39. The van der Waals surface area contributed by atoms with E-state index in [0.29, 0.717) is 19.4 Å². The normalized spacial score (nSPS) is 11.4.